The minimum atomic E-state index is -2.89. The minimum absolute atomic E-state index is 0.0744. The molecule has 2 rings (SSSR count). The lowest BCUT2D eigenvalue weighted by molar-refractivity contribution is 0.594. The fraction of sp³-hybridized carbons (Fsp3) is 0.400. The van der Waals surface area contributed by atoms with Crippen molar-refractivity contribution in [3.05, 3.63) is 34.3 Å². The van der Waals surface area contributed by atoms with Crippen LogP contribution in [0.15, 0.2) is 28.7 Å². The zero-order chi connectivity index (χ0) is 10.2. The molecule has 2 nitrogen and oxygen atoms in total. The first-order valence-corrected chi connectivity index (χ1v) is 7.05. The van der Waals surface area contributed by atoms with Crippen LogP contribution in [0.4, 0.5) is 0 Å². The van der Waals surface area contributed by atoms with E-state index in [1.54, 1.807) is 0 Å². The average molecular weight is 275 g/mol. The quantitative estimate of drug-likeness (QED) is 0.849. The van der Waals surface area contributed by atoms with Crippen molar-refractivity contribution in [3.63, 3.8) is 0 Å². The van der Waals surface area contributed by atoms with Crippen molar-refractivity contribution in [2.24, 2.45) is 0 Å². The maximum absolute atomic E-state index is 11.7. The molecule has 1 saturated carbocycles. The van der Waals surface area contributed by atoms with Crippen molar-refractivity contribution in [1.82, 2.24) is 0 Å². The molecule has 76 valence electrons. The van der Waals surface area contributed by atoms with E-state index in [1.165, 1.54) is 0 Å². The van der Waals surface area contributed by atoms with Crippen molar-refractivity contribution in [2.75, 3.05) is 0 Å². The predicted octanol–water partition coefficient (Wildman–Crippen LogP) is 2.53. The first-order valence-electron chi connectivity index (χ1n) is 4.54. The number of hydrogen-bond acceptors (Lipinski definition) is 2. The molecule has 0 amide bonds. The largest absolute Gasteiger partial charge is 0.228 e. The molecule has 1 fully saturated rings. The summed E-state index contributed by atoms with van der Waals surface area (Å²) in [6.45, 7) is 0. The predicted molar refractivity (Wildman–Crippen MR) is 59.8 cm³/mol. The van der Waals surface area contributed by atoms with Gasteiger partial charge in [0.2, 0.25) is 0 Å². The van der Waals surface area contributed by atoms with Gasteiger partial charge in [0.1, 0.15) is 0 Å². The highest BCUT2D eigenvalue weighted by Gasteiger charge is 2.35. The normalized spacial score (nSPS) is 16.9. The Morgan fingerprint density at radius 1 is 1.29 bits per heavy atom. The van der Waals surface area contributed by atoms with Crippen molar-refractivity contribution in [2.45, 2.75) is 23.8 Å². The van der Waals surface area contributed by atoms with E-state index in [0.717, 1.165) is 22.9 Å². The van der Waals surface area contributed by atoms with Gasteiger partial charge in [-0.1, -0.05) is 34.1 Å². The summed E-state index contributed by atoms with van der Waals surface area (Å²) in [6.07, 6.45) is 1.68. The van der Waals surface area contributed by atoms with Crippen LogP contribution in [0.1, 0.15) is 18.4 Å². The number of rotatable bonds is 3. The van der Waals surface area contributed by atoms with Gasteiger partial charge in [-0.05, 0) is 24.5 Å². The molecule has 4 heteroatoms. The van der Waals surface area contributed by atoms with Gasteiger partial charge in [0, 0.05) is 4.47 Å². The second-order valence-corrected chi connectivity index (χ2v) is 6.73. The van der Waals surface area contributed by atoms with E-state index in [9.17, 15) is 8.42 Å². The lowest BCUT2D eigenvalue weighted by Crippen LogP contribution is -2.09. The van der Waals surface area contributed by atoms with Gasteiger partial charge in [0.15, 0.2) is 9.84 Å². The Bertz CT molecular complexity index is 435. The molecule has 1 aliphatic carbocycles. The van der Waals surface area contributed by atoms with E-state index in [1.807, 2.05) is 24.3 Å². The average Bonchev–Trinajstić information content (AvgIpc) is 2.91. The minimum Gasteiger partial charge on any atom is -0.228 e. The summed E-state index contributed by atoms with van der Waals surface area (Å²) in [6, 6.07) is 7.47. The Morgan fingerprint density at radius 3 is 2.50 bits per heavy atom. The molecule has 0 radical (unpaired) electrons. The van der Waals surface area contributed by atoms with Gasteiger partial charge in [-0.25, -0.2) is 8.42 Å². The van der Waals surface area contributed by atoms with Crippen molar-refractivity contribution in [1.29, 1.82) is 0 Å². The molecule has 0 saturated heterocycles. The van der Waals surface area contributed by atoms with Crippen LogP contribution < -0.4 is 0 Å². The Kier molecular flexibility index (Phi) is 2.66. The Labute approximate surface area is 92.4 Å². The van der Waals surface area contributed by atoms with Gasteiger partial charge < -0.3 is 0 Å². The van der Waals surface area contributed by atoms with Crippen LogP contribution in [-0.4, -0.2) is 13.7 Å². The van der Waals surface area contributed by atoms with Gasteiger partial charge in [-0.2, -0.15) is 0 Å². The molecule has 1 aliphatic rings. The highest BCUT2D eigenvalue weighted by Crippen LogP contribution is 2.32. The molecule has 0 aliphatic heterocycles. The van der Waals surface area contributed by atoms with Crippen LogP contribution >= 0.6 is 15.9 Å². The fourth-order valence-corrected chi connectivity index (χ4v) is 3.76. The van der Waals surface area contributed by atoms with E-state index in [2.05, 4.69) is 15.9 Å². The second-order valence-electron chi connectivity index (χ2n) is 3.60. The summed E-state index contributed by atoms with van der Waals surface area (Å²) in [5.74, 6) is 0.166. The van der Waals surface area contributed by atoms with Gasteiger partial charge in [0.05, 0.1) is 11.0 Å². The molecule has 0 atom stereocenters. The highest BCUT2D eigenvalue weighted by atomic mass is 79.9. The van der Waals surface area contributed by atoms with Crippen LogP contribution in [-0.2, 0) is 15.6 Å². The van der Waals surface area contributed by atoms with Crippen molar-refractivity contribution >= 4 is 25.8 Å². The summed E-state index contributed by atoms with van der Waals surface area (Å²) < 4.78 is 24.3. The third-order valence-electron chi connectivity index (χ3n) is 2.35. The zero-order valence-corrected chi connectivity index (χ0v) is 10.0. The Morgan fingerprint density at radius 2 is 1.93 bits per heavy atom. The van der Waals surface area contributed by atoms with Crippen LogP contribution in [0.25, 0.3) is 0 Å². The van der Waals surface area contributed by atoms with Crippen LogP contribution in [0, 0.1) is 0 Å². The van der Waals surface area contributed by atoms with Crippen LogP contribution in [0.3, 0.4) is 0 Å². The summed E-state index contributed by atoms with van der Waals surface area (Å²) >= 11 is 3.35. The third-order valence-corrected chi connectivity index (χ3v) is 5.32. The van der Waals surface area contributed by atoms with E-state index in [0.29, 0.717) is 0 Å². The third kappa shape index (κ3) is 2.17. The number of benzene rings is 1. The molecule has 0 spiro atoms. The molecule has 0 aromatic heterocycles. The van der Waals surface area contributed by atoms with E-state index in [-0.39, 0.29) is 11.0 Å². The van der Waals surface area contributed by atoms with Gasteiger partial charge >= 0.3 is 0 Å². The lowest BCUT2D eigenvalue weighted by Gasteiger charge is -2.04. The molecular formula is C10H11BrO2S. The Hall–Kier alpha value is -0.350. The summed E-state index contributed by atoms with van der Waals surface area (Å²) in [5.41, 5.74) is 0.861. The van der Waals surface area contributed by atoms with Gasteiger partial charge in [-0.3, -0.25) is 0 Å². The number of sulfone groups is 1. The number of halogens is 1. The zero-order valence-electron chi connectivity index (χ0n) is 7.61. The molecule has 0 unspecified atom stereocenters. The maximum Gasteiger partial charge on any atom is 0.157 e. The SMILES string of the molecule is O=S(=O)(Cc1ccccc1Br)C1CC1. The standard InChI is InChI=1S/C10H11BrO2S/c11-10-4-2-1-3-8(10)7-14(12,13)9-5-6-9/h1-4,9H,5-7H2. The van der Waals surface area contributed by atoms with Crippen molar-refractivity contribution < 1.29 is 8.42 Å². The molecule has 1 aromatic carbocycles. The second kappa shape index (κ2) is 3.66. The van der Waals surface area contributed by atoms with Gasteiger partial charge in [-0.15, -0.1) is 0 Å². The fourth-order valence-electron chi connectivity index (χ4n) is 1.38. The maximum atomic E-state index is 11.7. The first kappa shape index (κ1) is 10.2. The summed E-state index contributed by atoms with van der Waals surface area (Å²) in [4.78, 5) is 0. The lowest BCUT2D eigenvalue weighted by atomic mass is 10.2. The Balaban J connectivity index is 2.22. The topological polar surface area (TPSA) is 34.1 Å². The van der Waals surface area contributed by atoms with E-state index in [4.69, 9.17) is 0 Å². The summed E-state index contributed by atoms with van der Waals surface area (Å²) in [5, 5.41) is -0.0744. The molecule has 0 N–H and O–H groups in total. The van der Waals surface area contributed by atoms with Gasteiger partial charge in [0.25, 0.3) is 0 Å². The van der Waals surface area contributed by atoms with Crippen LogP contribution in [0.2, 0.25) is 0 Å². The molecule has 0 bridgehead atoms. The molecule has 14 heavy (non-hydrogen) atoms. The monoisotopic (exact) mass is 274 g/mol. The first-order chi connectivity index (χ1) is 6.59. The number of hydrogen-bond donors (Lipinski definition) is 0. The highest BCUT2D eigenvalue weighted by molar-refractivity contribution is 9.10. The van der Waals surface area contributed by atoms with E-state index < -0.39 is 9.84 Å². The molecule has 1 aromatic rings. The van der Waals surface area contributed by atoms with Crippen LogP contribution in [0.5, 0.6) is 0 Å². The smallest absolute Gasteiger partial charge is 0.157 e. The molecule has 0 heterocycles. The van der Waals surface area contributed by atoms with E-state index >= 15 is 0 Å². The van der Waals surface area contributed by atoms with Crippen molar-refractivity contribution in [3.8, 4) is 0 Å². The summed E-state index contributed by atoms with van der Waals surface area (Å²) in [7, 11) is -2.89. The molecular weight excluding hydrogens is 264 g/mol.